The number of nitrogens with one attached hydrogen (secondary N) is 1. The largest absolute Gasteiger partial charge is 0.376 e. The molecule has 1 amide bonds. The highest BCUT2D eigenvalue weighted by atomic mass is 32.1. The van der Waals surface area contributed by atoms with E-state index in [2.05, 4.69) is 26.9 Å². The maximum atomic E-state index is 12.2. The van der Waals surface area contributed by atoms with Gasteiger partial charge in [0.05, 0.1) is 16.1 Å². The fourth-order valence-electron chi connectivity index (χ4n) is 2.89. The molecule has 0 bridgehead atoms. The number of carbonyl (C=O) groups is 1. The second kappa shape index (κ2) is 5.63. The molecule has 2 aromatic heterocycles. The Kier molecular flexibility index (Phi) is 3.57. The highest BCUT2D eigenvalue weighted by molar-refractivity contribution is 7.16. The lowest BCUT2D eigenvalue weighted by atomic mass is 10.2. The molecule has 2 heterocycles. The van der Waals surface area contributed by atoms with E-state index in [-0.39, 0.29) is 5.91 Å². The Labute approximate surface area is 144 Å². The van der Waals surface area contributed by atoms with Gasteiger partial charge in [0.2, 0.25) is 0 Å². The molecule has 124 valence electrons. The van der Waals surface area contributed by atoms with Gasteiger partial charge in [-0.05, 0) is 44.0 Å². The van der Waals surface area contributed by atoms with Gasteiger partial charge in [-0.3, -0.25) is 9.36 Å². The van der Waals surface area contributed by atoms with Crippen molar-refractivity contribution < 1.29 is 4.79 Å². The van der Waals surface area contributed by atoms with Gasteiger partial charge in [-0.15, -0.1) is 11.3 Å². The number of aryl methyl sites for hydroxylation is 1. The summed E-state index contributed by atoms with van der Waals surface area (Å²) in [7, 11) is 4.04. The van der Waals surface area contributed by atoms with Crippen molar-refractivity contribution in [3.8, 4) is 5.00 Å². The van der Waals surface area contributed by atoms with Crippen LogP contribution in [0.15, 0.2) is 30.3 Å². The maximum absolute atomic E-state index is 12.2. The van der Waals surface area contributed by atoms with Gasteiger partial charge in [-0.2, -0.15) is 0 Å². The molecule has 1 aromatic carbocycles. The molecule has 4 rings (SSSR count). The number of benzene rings is 1. The van der Waals surface area contributed by atoms with Crippen LogP contribution in [0.5, 0.6) is 0 Å². The van der Waals surface area contributed by atoms with Gasteiger partial charge >= 0.3 is 0 Å². The van der Waals surface area contributed by atoms with Crippen LogP contribution in [0.1, 0.15) is 28.3 Å². The molecular weight excluding hydrogens is 320 g/mol. The highest BCUT2D eigenvalue weighted by Crippen LogP contribution is 2.31. The van der Waals surface area contributed by atoms with Crippen LogP contribution in [0.3, 0.4) is 0 Å². The standard InChI is InChI=1S/C18H20N4OS/c1-11-19-17-13(21(2)3)5-4-6-14(17)22(11)16-10-9-15(24-16)18(23)20-12-7-8-12/h4-6,9-10,12H,7-8H2,1-3H3,(H,20,23). The number of carbonyl (C=O) groups excluding carboxylic acids is 1. The number of aromatic nitrogens is 2. The monoisotopic (exact) mass is 340 g/mol. The zero-order chi connectivity index (χ0) is 16.8. The van der Waals surface area contributed by atoms with Crippen LogP contribution in [0, 0.1) is 6.92 Å². The molecule has 24 heavy (non-hydrogen) atoms. The van der Waals surface area contributed by atoms with Crippen molar-refractivity contribution in [2.75, 3.05) is 19.0 Å². The molecule has 1 fully saturated rings. The van der Waals surface area contributed by atoms with Crippen LogP contribution in [0.2, 0.25) is 0 Å². The summed E-state index contributed by atoms with van der Waals surface area (Å²) in [5.41, 5.74) is 3.14. The quantitative estimate of drug-likeness (QED) is 0.792. The third-order valence-corrected chi connectivity index (χ3v) is 5.33. The van der Waals surface area contributed by atoms with Gasteiger partial charge < -0.3 is 10.2 Å². The van der Waals surface area contributed by atoms with Gasteiger partial charge in [0.15, 0.2) is 0 Å². The summed E-state index contributed by atoms with van der Waals surface area (Å²) in [4.78, 5) is 19.8. The van der Waals surface area contributed by atoms with Crippen molar-refractivity contribution in [3.05, 3.63) is 41.0 Å². The minimum atomic E-state index is 0.0322. The summed E-state index contributed by atoms with van der Waals surface area (Å²) in [6.07, 6.45) is 2.20. The van der Waals surface area contributed by atoms with Crippen LogP contribution in [-0.4, -0.2) is 35.6 Å². The number of thiophene rings is 1. The zero-order valence-corrected chi connectivity index (χ0v) is 14.9. The normalized spacial score (nSPS) is 14.1. The summed E-state index contributed by atoms with van der Waals surface area (Å²) >= 11 is 1.51. The van der Waals surface area contributed by atoms with Crippen LogP contribution in [0.25, 0.3) is 16.0 Å². The second-order valence-corrected chi connectivity index (χ2v) is 7.48. The molecular formula is C18H20N4OS. The smallest absolute Gasteiger partial charge is 0.261 e. The summed E-state index contributed by atoms with van der Waals surface area (Å²) in [5.74, 6) is 0.958. The van der Waals surface area contributed by atoms with E-state index in [0.717, 1.165) is 45.3 Å². The van der Waals surface area contributed by atoms with E-state index in [0.29, 0.717) is 6.04 Å². The summed E-state index contributed by atoms with van der Waals surface area (Å²) in [5, 5.41) is 4.06. The van der Waals surface area contributed by atoms with Crippen molar-refractivity contribution in [2.45, 2.75) is 25.8 Å². The Hall–Kier alpha value is -2.34. The average Bonchev–Trinajstić information content (AvgIpc) is 3.10. The maximum Gasteiger partial charge on any atom is 0.261 e. The number of rotatable bonds is 4. The van der Waals surface area contributed by atoms with Gasteiger partial charge in [0.1, 0.15) is 16.3 Å². The van der Waals surface area contributed by atoms with Crippen molar-refractivity contribution in [2.24, 2.45) is 0 Å². The number of anilines is 1. The van der Waals surface area contributed by atoms with Gasteiger partial charge in [-0.25, -0.2) is 4.98 Å². The number of para-hydroxylation sites is 1. The molecule has 0 atom stereocenters. The lowest BCUT2D eigenvalue weighted by Crippen LogP contribution is -2.24. The van der Waals surface area contributed by atoms with Crippen LogP contribution >= 0.6 is 11.3 Å². The van der Waals surface area contributed by atoms with E-state index in [4.69, 9.17) is 4.98 Å². The first-order chi connectivity index (χ1) is 11.5. The summed E-state index contributed by atoms with van der Waals surface area (Å²) < 4.78 is 2.13. The SMILES string of the molecule is Cc1nc2c(N(C)C)cccc2n1-c1ccc(C(=O)NC2CC2)s1. The molecule has 0 aliphatic heterocycles. The third-order valence-electron chi connectivity index (χ3n) is 4.26. The molecule has 0 radical (unpaired) electrons. The topological polar surface area (TPSA) is 50.2 Å². The van der Waals surface area contributed by atoms with Crippen LogP contribution < -0.4 is 10.2 Å². The van der Waals surface area contributed by atoms with E-state index in [1.54, 1.807) is 0 Å². The zero-order valence-electron chi connectivity index (χ0n) is 14.0. The molecule has 1 aliphatic rings. The minimum Gasteiger partial charge on any atom is -0.376 e. The Morgan fingerprint density at radius 2 is 2.08 bits per heavy atom. The number of hydrogen-bond donors (Lipinski definition) is 1. The fourth-order valence-corrected chi connectivity index (χ4v) is 3.86. The summed E-state index contributed by atoms with van der Waals surface area (Å²) in [6.45, 7) is 2.00. The fraction of sp³-hybridized carbons (Fsp3) is 0.333. The molecule has 0 spiro atoms. The van der Waals surface area contributed by atoms with Crippen LogP contribution in [-0.2, 0) is 0 Å². The van der Waals surface area contributed by atoms with Crippen molar-refractivity contribution in [1.29, 1.82) is 0 Å². The van der Waals surface area contributed by atoms with Crippen LogP contribution in [0.4, 0.5) is 5.69 Å². The number of imidazole rings is 1. The molecule has 5 nitrogen and oxygen atoms in total. The van der Waals surface area contributed by atoms with Gasteiger partial charge in [-0.1, -0.05) is 6.07 Å². The van der Waals surface area contributed by atoms with E-state index in [9.17, 15) is 4.79 Å². The van der Waals surface area contributed by atoms with E-state index in [1.807, 2.05) is 39.2 Å². The van der Waals surface area contributed by atoms with E-state index >= 15 is 0 Å². The Morgan fingerprint density at radius 1 is 1.29 bits per heavy atom. The molecule has 0 saturated heterocycles. The predicted molar refractivity (Wildman–Crippen MR) is 98.5 cm³/mol. The molecule has 0 unspecified atom stereocenters. The lowest BCUT2D eigenvalue weighted by Gasteiger charge is -2.12. The van der Waals surface area contributed by atoms with Gasteiger partial charge in [0.25, 0.3) is 5.91 Å². The van der Waals surface area contributed by atoms with Crippen molar-refractivity contribution >= 4 is 34.0 Å². The van der Waals surface area contributed by atoms with Gasteiger partial charge in [0, 0.05) is 20.1 Å². The molecule has 6 heteroatoms. The van der Waals surface area contributed by atoms with Crippen molar-refractivity contribution in [1.82, 2.24) is 14.9 Å². The number of hydrogen-bond acceptors (Lipinski definition) is 4. The summed E-state index contributed by atoms with van der Waals surface area (Å²) in [6, 6.07) is 10.5. The Bertz CT molecular complexity index is 920. The first kappa shape index (κ1) is 15.2. The number of fused-ring (bicyclic) bond motifs is 1. The lowest BCUT2D eigenvalue weighted by molar-refractivity contribution is 0.0955. The Morgan fingerprint density at radius 3 is 2.79 bits per heavy atom. The molecule has 1 aliphatic carbocycles. The first-order valence-corrected chi connectivity index (χ1v) is 8.92. The molecule has 1 saturated carbocycles. The minimum absolute atomic E-state index is 0.0322. The number of amides is 1. The first-order valence-electron chi connectivity index (χ1n) is 8.11. The van der Waals surface area contributed by atoms with Crippen molar-refractivity contribution in [3.63, 3.8) is 0 Å². The van der Waals surface area contributed by atoms with E-state index in [1.165, 1.54) is 11.3 Å². The average molecular weight is 340 g/mol. The second-order valence-electron chi connectivity index (χ2n) is 6.42. The van der Waals surface area contributed by atoms with E-state index < -0.39 is 0 Å². The third kappa shape index (κ3) is 2.57. The molecule has 3 aromatic rings. The highest BCUT2D eigenvalue weighted by Gasteiger charge is 2.24. The Balaban J connectivity index is 1.76. The number of nitrogens with zero attached hydrogens (tertiary/aromatic N) is 3. The predicted octanol–water partition coefficient (Wildman–Crippen LogP) is 3.35. The molecule has 1 N–H and O–H groups in total.